The van der Waals surface area contributed by atoms with Crippen molar-refractivity contribution in [1.82, 2.24) is 0 Å². The Morgan fingerprint density at radius 1 is 1.40 bits per heavy atom. The molecule has 5 heteroatoms. The van der Waals surface area contributed by atoms with Crippen molar-refractivity contribution in [1.29, 1.82) is 0 Å². The van der Waals surface area contributed by atoms with Gasteiger partial charge in [0.1, 0.15) is 5.60 Å². The zero-order valence-electron chi connectivity index (χ0n) is 12.0. The van der Waals surface area contributed by atoms with E-state index in [0.29, 0.717) is 17.2 Å². The molecule has 1 aromatic carbocycles. The molecule has 1 aliphatic heterocycles. The van der Waals surface area contributed by atoms with Gasteiger partial charge in [-0.25, -0.2) is 4.79 Å². The highest BCUT2D eigenvalue weighted by atomic mass is 79.9. The number of carbonyl (C=O) groups is 1. The fourth-order valence-corrected chi connectivity index (χ4v) is 3.08. The largest absolute Gasteiger partial charge is 0.456 e. The summed E-state index contributed by atoms with van der Waals surface area (Å²) in [4.78, 5) is 12.3. The fourth-order valence-electron chi connectivity index (χ4n) is 2.71. The summed E-state index contributed by atoms with van der Waals surface area (Å²) in [6.07, 6.45) is 2.16. The van der Waals surface area contributed by atoms with Gasteiger partial charge in [0.05, 0.1) is 24.3 Å². The van der Waals surface area contributed by atoms with Crippen LogP contribution in [0.25, 0.3) is 0 Å². The Morgan fingerprint density at radius 2 is 2.05 bits per heavy atom. The summed E-state index contributed by atoms with van der Waals surface area (Å²) in [6.45, 7) is 6.19. The van der Waals surface area contributed by atoms with Gasteiger partial charge in [-0.2, -0.15) is 0 Å². The van der Waals surface area contributed by atoms with Gasteiger partial charge in [0.25, 0.3) is 0 Å². The lowest BCUT2D eigenvalue weighted by Crippen LogP contribution is -2.86. The van der Waals surface area contributed by atoms with E-state index in [9.17, 15) is 4.79 Å². The Balaban J connectivity index is 2.11. The normalized spacial score (nSPS) is 16.9. The second-order valence-corrected chi connectivity index (χ2v) is 6.69. The molecule has 0 aromatic heterocycles. The molecule has 1 fully saturated rings. The predicted molar refractivity (Wildman–Crippen MR) is 82.4 cm³/mol. The van der Waals surface area contributed by atoms with Crippen molar-refractivity contribution in [3.8, 4) is 0 Å². The van der Waals surface area contributed by atoms with Crippen molar-refractivity contribution in [3.63, 3.8) is 0 Å². The Bertz CT molecular complexity index is 497. The third kappa shape index (κ3) is 3.33. The molecule has 1 aliphatic rings. The minimum Gasteiger partial charge on any atom is -0.456 e. The lowest BCUT2D eigenvalue weighted by atomic mass is 9.83. The molecule has 0 unspecified atom stereocenters. The molecule has 0 saturated carbocycles. The molecule has 0 spiro atoms. The molecule has 4 nitrogen and oxygen atoms in total. The number of anilines is 1. The van der Waals surface area contributed by atoms with E-state index in [4.69, 9.17) is 10.5 Å². The smallest absolute Gasteiger partial charge is 0.340 e. The van der Waals surface area contributed by atoms with Crippen molar-refractivity contribution in [2.24, 2.45) is 5.92 Å². The van der Waals surface area contributed by atoms with Crippen LogP contribution in [0.4, 0.5) is 5.69 Å². The molecule has 0 radical (unpaired) electrons. The van der Waals surface area contributed by atoms with Gasteiger partial charge in [0.15, 0.2) is 0 Å². The van der Waals surface area contributed by atoms with Crippen molar-refractivity contribution >= 4 is 27.6 Å². The van der Waals surface area contributed by atoms with Crippen LogP contribution >= 0.6 is 15.9 Å². The van der Waals surface area contributed by atoms with E-state index in [0.717, 1.165) is 30.4 Å². The van der Waals surface area contributed by atoms with Crippen molar-refractivity contribution in [2.75, 3.05) is 18.8 Å². The zero-order chi connectivity index (χ0) is 14.8. The Kier molecular flexibility index (Phi) is 4.70. The predicted octanol–water partition coefficient (Wildman–Crippen LogP) is 1.94. The number of benzene rings is 1. The number of para-hydroxylation sites is 1. The Labute approximate surface area is 128 Å². The number of halogens is 1. The van der Waals surface area contributed by atoms with Crippen LogP contribution in [-0.4, -0.2) is 24.7 Å². The number of piperidine rings is 1. The number of esters is 1. The summed E-state index contributed by atoms with van der Waals surface area (Å²) < 4.78 is 6.47. The maximum absolute atomic E-state index is 12.3. The number of ether oxygens (including phenoxy) is 1. The maximum atomic E-state index is 12.3. The first-order chi connectivity index (χ1) is 9.42. The molecular formula is C15H22BrN2O2+. The van der Waals surface area contributed by atoms with Gasteiger partial charge in [-0.3, -0.25) is 0 Å². The molecular weight excluding hydrogens is 320 g/mol. The van der Waals surface area contributed by atoms with Crippen LogP contribution in [-0.2, 0) is 4.74 Å². The van der Waals surface area contributed by atoms with Crippen molar-refractivity contribution in [2.45, 2.75) is 32.3 Å². The summed E-state index contributed by atoms with van der Waals surface area (Å²) in [7, 11) is 0. The molecule has 110 valence electrons. The van der Waals surface area contributed by atoms with E-state index in [1.54, 1.807) is 12.1 Å². The fraction of sp³-hybridized carbons (Fsp3) is 0.533. The SMILES string of the molecule is CC(C)(OC(=O)c1cccc(Br)c1N)C1CC[NH2+]CC1. The lowest BCUT2D eigenvalue weighted by Gasteiger charge is -2.35. The number of quaternary nitrogens is 1. The number of hydrogen-bond acceptors (Lipinski definition) is 3. The summed E-state index contributed by atoms with van der Waals surface area (Å²) in [5, 5.41) is 2.31. The lowest BCUT2D eigenvalue weighted by molar-refractivity contribution is -0.665. The van der Waals surface area contributed by atoms with Crippen molar-refractivity contribution < 1.29 is 14.8 Å². The minimum atomic E-state index is -0.458. The molecule has 2 rings (SSSR count). The number of rotatable bonds is 3. The van der Waals surface area contributed by atoms with Gasteiger partial charge < -0.3 is 15.8 Å². The number of hydrogen-bond donors (Lipinski definition) is 2. The van der Waals surface area contributed by atoms with E-state index < -0.39 is 5.60 Å². The Morgan fingerprint density at radius 3 is 2.70 bits per heavy atom. The highest BCUT2D eigenvalue weighted by Gasteiger charge is 2.35. The third-order valence-corrected chi connectivity index (χ3v) is 4.74. The van der Waals surface area contributed by atoms with Crippen LogP contribution < -0.4 is 11.1 Å². The molecule has 0 atom stereocenters. The average molecular weight is 342 g/mol. The van der Waals surface area contributed by atoms with Crippen LogP contribution in [0.1, 0.15) is 37.0 Å². The summed E-state index contributed by atoms with van der Waals surface area (Å²) in [5.41, 5.74) is 6.33. The summed E-state index contributed by atoms with van der Waals surface area (Å²) in [6, 6.07) is 5.31. The minimum absolute atomic E-state index is 0.344. The van der Waals surface area contributed by atoms with E-state index >= 15 is 0 Å². The number of nitrogen functional groups attached to an aromatic ring is 1. The van der Waals surface area contributed by atoms with E-state index in [-0.39, 0.29) is 5.97 Å². The van der Waals surface area contributed by atoms with Crippen molar-refractivity contribution in [3.05, 3.63) is 28.2 Å². The van der Waals surface area contributed by atoms with E-state index in [2.05, 4.69) is 21.2 Å². The standard InChI is InChI=1S/C15H21BrN2O2/c1-15(2,10-6-8-18-9-7-10)20-14(19)11-4-3-5-12(16)13(11)17/h3-5,10,18H,6-9,17H2,1-2H3/p+1. The van der Waals surface area contributed by atoms with Gasteiger partial charge in [-0.15, -0.1) is 0 Å². The van der Waals surface area contributed by atoms with Gasteiger partial charge >= 0.3 is 5.97 Å². The van der Waals surface area contributed by atoms with Crippen LogP contribution in [0.15, 0.2) is 22.7 Å². The van der Waals surface area contributed by atoms with E-state index in [1.165, 1.54) is 0 Å². The number of carbonyl (C=O) groups excluding carboxylic acids is 1. The second kappa shape index (κ2) is 6.14. The van der Waals surface area contributed by atoms with Crippen LogP contribution in [0.5, 0.6) is 0 Å². The van der Waals surface area contributed by atoms with Crippen LogP contribution in [0.3, 0.4) is 0 Å². The maximum Gasteiger partial charge on any atom is 0.340 e. The first-order valence-corrected chi connectivity index (χ1v) is 7.80. The van der Waals surface area contributed by atoms with Gasteiger partial charge in [-0.05, 0) is 41.9 Å². The first kappa shape index (κ1) is 15.3. The Hall–Kier alpha value is -1.07. The highest BCUT2D eigenvalue weighted by Crippen LogP contribution is 2.30. The van der Waals surface area contributed by atoms with Gasteiger partial charge in [0.2, 0.25) is 0 Å². The van der Waals surface area contributed by atoms with Crippen LogP contribution in [0.2, 0.25) is 0 Å². The monoisotopic (exact) mass is 341 g/mol. The highest BCUT2D eigenvalue weighted by molar-refractivity contribution is 9.10. The third-order valence-electron chi connectivity index (χ3n) is 4.05. The van der Waals surface area contributed by atoms with Gasteiger partial charge in [-0.1, -0.05) is 6.07 Å². The van der Waals surface area contributed by atoms with Gasteiger partial charge in [0, 0.05) is 23.2 Å². The number of nitrogens with two attached hydrogens (primary N) is 2. The molecule has 0 bridgehead atoms. The van der Waals surface area contributed by atoms with Crippen LogP contribution in [0, 0.1) is 5.92 Å². The first-order valence-electron chi connectivity index (χ1n) is 7.01. The second-order valence-electron chi connectivity index (χ2n) is 5.83. The van der Waals surface area contributed by atoms with E-state index in [1.807, 2.05) is 19.9 Å². The summed E-state index contributed by atoms with van der Waals surface area (Å²) >= 11 is 3.33. The average Bonchev–Trinajstić information content (AvgIpc) is 2.42. The molecule has 4 N–H and O–H groups in total. The quantitative estimate of drug-likeness (QED) is 0.652. The topological polar surface area (TPSA) is 68.9 Å². The molecule has 0 aliphatic carbocycles. The molecule has 1 saturated heterocycles. The molecule has 0 amide bonds. The molecule has 20 heavy (non-hydrogen) atoms. The zero-order valence-corrected chi connectivity index (χ0v) is 13.6. The molecule has 1 aromatic rings. The summed E-state index contributed by atoms with van der Waals surface area (Å²) in [5.74, 6) is 0.0631. The molecule has 1 heterocycles.